The first-order chi connectivity index (χ1) is 7.49. The van der Waals surface area contributed by atoms with Crippen LogP contribution in [0, 0.1) is 6.92 Å². The van der Waals surface area contributed by atoms with Crippen LogP contribution in [0.2, 0.25) is 0 Å². The third kappa shape index (κ3) is 1.56. The molecule has 1 aromatic carbocycles. The lowest BCUT2D eigenvalue weighted by molar-refractivity contribution is -0.136. The van der Waals surface area contributed by atoms with E-state index in [-0.39, 0.29) is 12.0 Å². The summed E-state index contributed by atoms with van der Waals surface area (Å²) in [4.78, 5) is 33.1. The first-order valence-corrected chi connectivity index (χ1v) is 4.70. The largest absolute Gasteiger partial charge is 0.481 e. The van der Waals surface area contributed by atoms with Crippen molar-refractivity contribution in [2.75, 3.05) is 5.32 Å². The van der Waals surface area contributed by atoms with Gasteiger partial charge in [0.15, 0.2) is 0 Å². The van der Waals surface area contributed by atoms with Gasteiger partial charge in [-0.2, -0.15) is 0 Å². The van der Waals surface area contributed by atoms with Crippen LogP contribution in [0.15, 0.2) is 12.1 Å². The van der Waals surface area contributed by atoms with Crippen LogP contribution in [0.25, 0.3) is 0 Å². The van der Waals surface area contributed by atoms with E-state index in [1.165, 1.54) is 6.07 Å². The predicted octanol–water partition coefficient (Wildman–Crippen LogP) is 0.757. The second-order valence-electron chi connectivity index (χ2n) is 3.69. The van der Waals surface area contributed by atoms with Crippen molar-refractivity contribution in [3.8, 4) is 0 Å². The van der Waals surface area contributed by atoms with E-state index in [0.717, 1.165) is 0 Å². The van der Waals surface area contributed by atoms with Crippen molar-refractivity contribution in [2.45, 2.75) is 13.3 Å². The lowest BCUT2D eigenvalue weighted by Gasteiger charge is -2.05. The van der Waals surface area contributed by atoms with E-state index in [4.69, 9.17) is 5.11 Å². The summed E-state index contributed by atoms with van der Waals surface area (Å²) >= 11 is 0. The molecule has 0 aliphatic carbocycles. The van der Waals surface area contributed by atoms with Crippen molar-refractivity contribution < 1.29 is 19.5 Å². The monoisotopic (exact) mass is 219 g/mol. The fraction of sp³-hybridized carbons (Fsp3) is 0.182. The van der Waals surface area contributed by atoms with Gasteiger partial charge in [0, 0.05) is 0 Å². The van der Waals surface area contributed by atoms with E-state index in [1.807, 2.05) is 0 Å². The minimum Gasteiger partial charge on any atom is -0.481 e. The van der Waals surface area contributed by atoms with Gasteiger partial charge < -0.3 is 10.4 Å². The van der Waals surface area contributed by atoms with Crippen LogP contribution in [0.5, 0.6) is 0 Å². The minimum atomic E-state index is -0.968. The number of aliphatic carboxylic acids is 1. The summed E-state index contributed by atoms with van der Waals surface area (Å²) in [6, 6.07) is 3.11. The fourth-order valence-corrected chi connectivity index (χ4v) is 1.78. The maximum absolute atomic E-state index is 11.4. The van der Waals surface area contributed by atoms with E-state index in [0.29, 0.717) is 16.8 Å². The molecule has 1 aliphatic rings. The number of carbonyl (C=O) groups excluding carboxylic acids is 2. The number of ketones is 1. The molecule has 0 radical (unpaired) electrons. The zero-order chi connectivity index (χ0) is 11.9. The number of fused-ring (bicyclic) bond motifs is 1. The minimum absolute atomic E-state index is 0.157. The number of Topliss-reactive ketones (excluding diaryl/α,β-unsaturated/α-hetero) is 1. The number of carboxylic acids is 1. The van der Waals surface area contributed by atoms with Gasteiger partial charge >= 0.3 is 5.97 Å². The van der Waals surface area contributed by atoms with Crippen molar-refractivity contribution >= 4 is 23.3 Å². The molecular weight excluding hydrogens is 210 g/mol. The molecule has 16 heavy (non-hydrogen) atoms. The molecule has 0 saturated heterocycles. The first-order valence-electron chi connectivity index (χ1n) is 4.70. The Morgan fingerprint density at radius 1 is 1.38 bits per heavy atom. The van der Waals surface area contributed by atoms with Crippen LogP contribution in [0.4, 0.5) is 5.69 Å². The number of rotatable bonds is 2. The number of aryl methyl sites for hydroxylation is 1. The number of amides is 1. The van der Waals surface area contributed by atoms with Crippen LogP contribution in [-0.2, 0) is 16.0 Å². The Hall–Kier alpha value is -2.17. The van der Waals surface area contributed by atoms with Gasteiger partial charge in [0.25, 0.3) is 11.7 Å². The highest BCUT2D eigenvalue weighted by atomic mass is 16.4. The van der Waals surface area contributed by atoms with Crippen LogP contribution < -0.4 is 5.32 Å². The molecule has 0 unspecified atom stereocenters. The topological polar surface area (TPSA) is 83.5 Å². The number of carbonyl (C=O) groups is 3. The van der Waals surface area contributed by atoms with Gasteiger partial charge in [-0.3, -0.25) is 14.4 Å². The highest BCUT2D eigenvalue weighted by Gasteiger charge is 2.29. The lowest BCUT2D eigenvalue weighted by atomic mass is 10.0. The Morgan fingerprint density at radius 2 is 2.06 bits per heavy atom. The SMILES string of the molecule is Cc1cc(CC(=O)O)cc2c1NC(=O)C2=O. The second-order valence-corrected chi connectivity index (χ2v) is 3.69. The molecule has 1 amide bonds. The average molecular weight is 219 g/mol. The quantitative estimate of drug-likeness (QED) is 0.719. The van der Waals surface area contributed by atoms with Gasteiger partial charge in [0.1, 0.15) is 0 Å². The van der Waals surface area contributed by atoms with E-state index in [9.17, 15) is 14.4 Å². The molecule has 0 aromatic heterocycles. The number of nitrogens with one attached hydrogen (secondary N) is 1. The van der Waals surface area contributed by atoms with E-state index >= 15 is 0 Å². The normalized spacial score (nSPS) is 13.6. The van der Waals surface area contributed by atoms with Gasteiger partial charge in [-0.1, -0.05) is 6.07 Å². The molecule has 1 heterocycles. The van der Waals surface area contributed by atoms with Crippen LogP contribution in [0.3, 0.4) is 0 Å². The number of hydrogen-bond donors (Lipinski definition) is 2. The van der Waals surface area contributed by atoms with Crippen LogP contribution in [-0.4, -0.2) is 22.8 Å². The molecule has 0 fully saturated rings. The molecule has 0 atom stereocenters. The highest BCUT2D eigenvalue weighted by Crippen LogP contribution is 2.28. The van der Waals surface area contributed by atoms with Gasteiger partial charge in [-0.25, -0.2) is 0 Å². The molecule has 1 aliphatic heterocycles. The van der Waals surface area contributed by atoms with Gasteiger partial charge in [-0.15, -0.1) is 0 Å². The van der Waals surface area contributed by atoms with E-state index in [2.05, 4.69) is 5.32 Å². The summed E-state index contributed by atoms with van der Waals surface area (Å²) in [6.07, 6.45) is -0.157. The Morgan fingerprint density at radius 3 is 2.69 bits per heavy atom. The molecular formula is C11H9NO4. The number of hydrogen-bond acceptors (Lipinski definition) is 3. The maximum Gasteiger partial charge on any atom is 0.307 e. The predicted molar refractivity (Wildman–Crippen MR) is 55.5 cm³/mol. The second kappa shape index (κ2) is 3.44. The Kier molecular flexibility index (Phi) is 2.23. The molecule has 5 heteroatoms. The molecule has 0 saturated carbocycles. The van der Waals surface area contributed by atoms with Gasteiger partial charge in [0.2, 0.25) is 0 Å². The highest BCUT2D eigenvalue weighted by molar-refractivity contribution is 6.51. The molecule has 5 nitrogen and oxygen atoms in total. The third-order valence-corrected chi connectivity index (χ3v) is 2.44. The smallest absolute Gasteiger partial charge is 0.307 e. The number of benzene rings is 1. The first kappa shape index (κ1) is 10.4. The van der Waals surface area contributed by atoms with Crippen molar-refractivity contribution in [2.24, 2.45) is 0 Å². The zero-order valence-corrected chi connectivity index (χ0v) is 8.53. The Bertz CT molecular complexity index is 519. The van der Waals surface area contributed by atoms with E-state index < -0.39 is 17.7 Å². The van der Waals surface area contributed by atoms with Crippen molar-refractivity contribution in [1.29, 1.82) is 0 Å². The standard InChI is InChI=1S/C11H9NO4/c1-5-2-6(4-8(13)14)3-7-9(5)12-11(16)10(7)15/h2-3H,4H2,1H3,(H,13,14)(H,12,15,16). The summed E-state index contributed by atoms with van der Waals surface area (Å²) in [7, 11) is 0. The molecule has 0 bridgehead atoms. The molecule has 2 N–H and O–H groups in total. The van der Waals surface area contributed by atoms with Crippen LogP contribution in [0.1, 0.15) is 21.5 Å². The van der Waals surface area contributed by atoms with Crippen molar-refractivity contribution in [3.05, 3.63) is 28.8 Å². The van der Waals surface area contributed by atoms with Crippen molar-refractivity contribution in [3.63, 3.8) is 0 Å². The average Bonchev–Trinajstić information content (AvgIpc) is 2.45. The van der Waals surface area contributed by atoms with Crippen molar-refractivity contribution in [1.82, 2.24) is 0 Å². The summed E-state index contributed by atoms with van der Waals surface area (Å²) in [5, 5.41) is 11.1. The van der Waals surface area contributed by atoms with Gasteiger partial charge in [-0.05, 0) is 24.1 Å². The fourth-order valence-electron chi connectivity index (χ4n) is 1.78. The van der Waals surface area contributed by atoms with Gasteiger partial charge in [0.05, 0.1) is 17.7 Å². The third-order valence-electron chi connectivity index (χ3n) is 2.44. The molecule has 82 valence electrons. The summed E-state index contributed by atoms with van der Waals surface area (Å²) in [6.45, 7) is 1.73. The summed E-state index contributed by atoms with van der Waals surface area (Å²) in [5.41, 5.74) is 1.98. The maximum atomic E-state index is 11.4. The van der Waals surface area contributed by atoms with E-state index in [1.54, 1.807) is 13.0 Å². The Balaban J connectivity index is 2.50. The molecule has 1 aromatic rings. The zero-order valence-electron chi connectivity index (χ0n) is 8.53. The number of carboxylic acid groups (broad SMARTS) is 1. The summed E-state index contributed by atoms with van der Waals surface area (Å²) < 4.78 is 0. The Labute approximate surface area is 91.1 Å². The lowest BCUT2D eigenvalue weighted by Crippen LogP contribution is -2.12. The van der Waals surface area contributed by atoms with Crippen LogP contribution >= 0.6 is 0 Å². The molecule has 2 rings (SSSR count). The summed E-state index contributed by atoms with van der Waals surface area (Å²) in [5.74, 6) is -2.24. The number of anilines is 1. The molecule has 0 spiro atoms.